The van der Waals surface area contributed by atoms with Gasteiger partial charge in [0.15, 0.2) is 0 Å². The second kappa shape index (κ2) is 6.50. The quantitative estimate of drug-likeness (QED) is 0.784. The molecule has 1 aromatic heterocycles. The molecule has 0 radical (unpaired) electrons. The highest BCUT2D eigenvalue weighted by atomic mass is 15.2. The van der Waals surface area contributed by atoms with Crippen molar-refractivity contribution in [2.75, 3.05) is 18.5 Å². The third kappa shape index (κ3) is 4.45. The van der Waals surface area contributed by atoms with Gasteiger partial charge in [0.25, 0.3) is 0 Å². The standard InChI is InChI=1S/C14H24N4/c1-10(2)9-18(6)14-16-8-13(12(5)17-14)7-15-11(3)4/h8,11,15H,1,7,9H2,2-6H3. The zero-order chi connectivity index (χ0) is 13.7. The molecule has 0 aromatic carbocycles. The molecule has 0 aliphatic rings. The Kier molecular flexibility index (Phi) is 5.28. The van der Waals surface area contributed by atoms with Gasteiger partial charge in [-0.3, -0.25) is 0 Å². The Labute approximate surface area is 110 Å². The lowest BCUT2D eigenvalue weighted by Gasteiger charge is -2.18. The first-order chi connectivity index (χ1) is 8.40. The molecule has 0 aliphatic carbocycles. The first kappa shape index (κ1) is 14.6. The number of rotatable bonds is 6. The van der Waals surface area contributed by atoms with Crippen molar-refractivity contribution < 1.29 is 0 Å². The van der Waals surface area contributed by atoms with E-state index >= 15 is 0 Å². The van der Waals surface area contributed by atoms with Gasteiger partial charge in [0.2, 0.25) is 5.95 Å². The number of hydrogen-bond acceptors (Lipinski definition) is 4. The molecule has 0 spiro atoms. The first-order valence-corrected chi connectivity index (χ1v) is 6.31. The Bertz CT molecular complexity index is 412. The van der Waals surface area contributed by atoms with Gasteiger partial charge in [0.1, 0.15) is 0 Å². The maximum atomic E-state index is 4.54. The molecular weight excluding hydrogens is 224 g/mol. The Morgan fingerprint density at radius 1 is 1.50 bits per heavy atom. The number of nitrogens with zero attached hydrogens (tertiary/aromatic N) is 3. The second-order valence-corrected chi connectivity index (χ2v) is 5.13. The maximum absolute atomic E-state index is 4.54. The van der Waals surface area contributed by atoms with E-state index in [0.717, 1.165) is 35.9 Å². The van der Waals surface area contributed by atoms with E-state index in [4.69, 9.17) is 0 Å². The summed E-state index contributed by atoms with van der Waals surface area (Å²) in [5.74, 6) is 0.754. The molecule has 100 valence electrons. The molecule has 1 aromatic rings. The summed E-state index contributed by atoms with van der Waals surface area (Å²) in [5, 5.41) is 3.38. The van der Waals surface area contributed by atoms with Gasteiger partial charge in [-0.25, -0.2) is 9.97 Å². The lowest BCUT2D eigenvalue weighted by molar-refractivity contribution is 0.584. The van der Waals surface area contributed by atoms with Gasteiger partial charge in [-0.2, -0.15) is 0 Å². The van der Waals surface area contributed by atoms with Crippen molar-refractivity contribution in [3.05, 3.63) is 29.6 Å². The van der Waals surface area contributed by atoms with E-state index in [9.17, 15) is 0 Å². The topological polar surface area (TPSA) is 41.1 Å². The third-order valence-corrected chi connectivity index (χ3v) is 2.62. The molecule has 18 heavy (non-hydrogen) atoms. The summed E-state index contributed by atoms with van der Waals surface area (Å²) in [5.41, 5.74) is 3.28. The third-order valence-electron chi connectivity index (χ3n) is 2.62. The van der Waals surface area contributed by atoms with E-state index in [2.05, 4.69) is 35.7 Å². The van der Waals surface area contributed by atoms with Crippen LogP contribution in [-0.4, -0.2) is 29.6 Å². The second-order valence-electron chi connectivity index (χ2n) is 5.13. The summed E-state index contributed by atoms with van der Waals surface area (Å²) in [6.45, 7) is 13.8. The predicted molar refractivity (Wildman–Crippen MR) is 76.8 cm³/mol. The molecule has 0 saturated heterocycles. The first-order valence-electron chi connectivity index (χ1n) is 6.31. The Morgan fingerprint density at radius 2 is 2.17 bits per heavy atom. The minimum Gasteiger partial charge on any atom is -0.340 e. The highest BCUT2D eigenvalue weighted by Crippen LogP contribution is 2.11. The molecule has 0 amide bonds. The van der Waals surface area contributed by atoms with E-state index in [0.29, 0.717) is 6.04 Å². The lowest BCUT2D eigenvalue weighted by Crippen LogP contribution is -2.24. The van der Waals surface area contributed by atoms with Crippen LogP contribution in [0.5, 0.6) is 0 Å². The summed E-state index contributed by atoms with van der Waals surface area (Å²) in [7, 11) is 1.98. The Morgan fingerprint density at radius 3 is 2.67 bits per heavy atom. The van der Waals surface area contributed by atoms with Crippen LogP contribution in [0.15, 0.2) is 18.3 Å². The van der Waals surface area contributed by atoms with Gasteiger partial charge < -0.3 is 10.2 Å². The SMILES string of the molecule is C=C(C)CN(C)c1ncc(CNC(C)C)c(C)n1. The van der Waals surface area contributed by atoms with Crippen LogP contribution in [-0.2, 0) is 6.54 Å². The number of aryl methyl sites for hydroxylation is 1. The highest BCUT2D eigenvalue weighted by Gasteiger charge is 2.07. The zero-order valence-electron chi connectivity index (χ0n) is 12.1. The van der Waals surface area contributed by atoms with Crippen molar-refractivity contribution in [2.24, 2.45) is 0 Å². The zero-order valence-corrected chi connectivity index (χ0v) is 12.1. The van der Waals surface area contributed by atoms with Crippen LogP contribution in [0.25, 0.3) is 0 Å². The summed E-state index contributed by atoms with van der Waals surface area (Å²) in [6, 6.07) is 0.468. The van der Waals surface area contributed by atoms with Crippen molar-refractivity contribution in [1.82, 2.24) is 15.3 Å². The molecule has 4 heteroatoms. The molecule has 0 fully saturated rings. The Balaban J connectivity index is 2.75. The fourth-order valence-corrected chi connectivity index (χ4v) is 1.63. The lowest BCUT2D eigenvalue weighted by atomic mass is 10.2. The van der Waals surface area contributed by atoms with Crippen LogP contribution in [0.4, 0.5) is 5.95 Å². The van der Waals surface area contributed by atoms with E-state index in [-0.39, 0.29) is 0 Å². The molecular formula is C14H24N4. The number of anilines is 1. The fourth-order valence-electron chi connectivity index (χ4n) is 1.63. The average Bonchev–Trinajstić information content (AvgIpc) is 2.26. The average molecular weight is 248 g/mol. The number of nitrogens with one attached hydrogen (secondary N) is 1. The summed E-state index contributed by atoms with van der Waals surface area (Å²) < 4.78 is 0. The summed E-state index contributed by atoms with van der Waals surface area (Å²) >= 11 is 0. The van der Waals surface area contributed by atoms with Crippen molar-refractivity contribution in [2.45, 2.75) is 40.3 Å². The minimum atomic E-state index is 0.468. The Hall–Kier alpha value is -1.42. The van der Waals surface area contributed by atoms with Gasteiger partial charge in [0.05, 0.1) is 0 Å². The van der Waals surface area contributed by atoms with Gasteiger partial charge in [0, 0.05) is 43.6 Å². The molecule has 1 N–H and O–H groups in total. The molecule has 0 bridgehead atoms. The molecule has 1 rings (SSSR count). The van der Waals surface area contributed by atoms with Crippen LogP contribution < -0.4 is 10.2 Å². The van der Waals surface area contributed by atoms with Crippen LogP contribution >= 0.6 is 0 Å². The van der Waals surface area contributed by atoms with Crippen LogP contribution in [0, 0.1) is 6.92 Å². The molecule has 4 nitrogen and oxygen atoms in total. The maximum Gasteiger partial charge on any atom is 0.225 e. The number of hydrogen-bond donors (Lipinski definition) is 1. The highest BCUT2D eigenvalue weighted by molar-refractivity contribution is 5.33. The smallest absolute Gasteiger partial charge is 0.225 e. The van der Waals surface area contributed by atoms with Crippen molar-refractivity contribution in [3.8, 4) is 0 Å². The van der Waals surface area contributed by atoms with E-state index < -0.39 is 0 Å². The van der Waals surface area contributed by atoms with Crippen LogP contribution in [0.3, 0.4) is 0 Å². The van der Waals surface area contributed by atoms with E-state index in [1.807, 2.05) is 32.0 Å². The molecule has 0 atom stereocenters. The number of likely N-dealkylation sites (N-methyl/N-ethyl adjacent to an activating group) is 1. The molecule has 0 unspecified atom stereocenters. The van der Waals surface area contributed by atoms with Crippen LogP contribution in [0.2, 0.25) is 0 Å². The number of aromatic nitrogens is 2. The molecule has 0 saturated carbocycles. The largest absolute Gasteiger partial charge is 0.340 e. The van der Waals surface area contributed by atoms with Crippen molar-refractivity contribution in [1.29, 1.82) is 0 Å². The molecule has 1 heterocycles. The predicted octanol–water partition coefficient (Wildman–Crippen LogP) is 2.30. The summed E-state index contributed by atoms with van der Waals surface area (Å²) in [6.07, 6.45) is 1.90. The van der Waals surface area contributed by atoms with Gasteiger partial charge in [-0.05, 0) is 13.8 Å². The van der Waals surface area contributed by atoms with E-state index in [1.165, 1.54) is 0 Å². The van der Waals surface area contributed by atoms with Gasteiger partial charge >= 0.3 is 0 Å². The fraction of sp³-hybridized carbons (Fsp3) is 0.571. The van der Waals surface area contributed by atoms with Gasteiger partial charge in [-0.15, -0.1) is 0 Å². The minimum absolute atomic E-state index is 0.468. The molecule has 0 aliphatic heterocycles. The normalized spacial score (nSPS) is 10.8. The summed E-state index contributed by atoms with van der Waals surface area (Å²) in [4.78, 5) is 11.0. The van der Waals surface area contributed by atoms with Crippen molar-refractivity contribution in [3.63, 3.8) is 0 Å². The van der Waals surface area contributed by atoms with Gasteiger partial charge in [-0.1, -0.05) is 26.0 Å². The van der Waals surface area contributed by atoms with E-state index in [1.54, 1.807) is 0 Å². The van der Waals surface area contributed by atoms with Crippen LogP contribution in [0.1, 0.15) is 32.0 Å². The van der Waals surface area contributed by atoms with Crippen molar-refractivity contribution >= 4 is 5.95 Å². The monoisotopic (exact) mass is 248 g/mol.